The van der Waals surface area contributed by atoms with E-state index in [9.17, 15) is 18.0 Å². The quantitative estimate of drug-likeness (QED) is 0.175. The van der Waals surface area contributed by atoms with Gasteiger partial charge in [0.1, 0.15) is 12.6 Å². The number of aryl methyl sites for hydroxylation is 1. The number of nitrogens with zero attached hydrogens (tertiary/aromatic N) is 2. The summed E-state index contributed by atoms with van der Waals surface area (Å²) in [5.74, 6) is -0.342. The van der Waals surface area contributed by atoms with E-state index in [1.54, 1.807) is 12.1 Å². The normalized spacial score (nSPS) is 11.9. The minimum absolute atomic E-state index is 0.0778. The van der Waals surface area contributed by atoms with Crippen LogP contribution in [0.5, 0.6) is 11.5 Å². The van der Waals surface area contributed by atoms with Crippen LogP contribution < -0.4 is 19.1 Å². The van der Waals surface area contributed by atoms with Crippen molar-refractivity contribution in [2.45, 2.75) is 50.7 Å². The van der Waals surface area contributed by atoms with Gasteiger partial charge in [-0.3, -0.25) is 13.9 Å². The second kappa shape index (κ2) is 15.8. The Balaban J connectivity index is 1.83. The molecule has 0 aliphatic carbocycles. The highest BCUT2D eigenvalue weighted by Crippen LogP contribution is 2.33. The van der Waals surface area contributed by atoms with Crippen molar-refractivity contribution in [2.75, 3.05) is 25.1 Å². The maximum atomic E-state index is 14.6. The summed E-state index contributed by atoms with van der Waals surface area (Å²) in [6.45, 7) is 5.13. The van der Waals surface area contributed by atoms with Crippen LogP contribution in [-0.4, -0.2) is 58.0 Å². The molecule has 1 atom stereocenters. The van der Waals surface area contributed by atoms with E-state index in [1.807, 2.05) is 75.4 Å². The summed E-state index contributed by atoms with van der Waals surface area (Å²) in [5, 5.41) is 3.36. The van der Waals surface area contributed by atoms with Crippen LogP contribution in [0.4, 0.5) is 5.69 Å². The molecule has 9 nitrogen and oxygen atoms in total. The van der Waals surface area contributed by atoms with Crippen molar-refractivity contribution in [2.24, 2.45) is 0 Å². The molecule has 2 amide bonds. The number of carbonyl (C=O) groups is 2. The molecule has 47 heavy (non-hydrogen) atoms. The van der Waals surface area contributed by atoms with Gasteiger partial charge >= 0.3 is 0 Å². The molecule has 0 aliphatic heterocycles. The number of hydrogen-bond donors (Lipinski definition) is 1. The number of rotatable bonds is 14. The second-order valence-corrected chi connectivity index (χ2v) is 13.7. The Morgan fingerprint density at radius 3 is 2.11 bits per heavy atom. The van der Waals surface area contributed by atoms with Crippen molar-refractivity contribution >= 4 is 39.1 Å². The fourth-order valence-corrected chi connectivity index (χ4v) is 6.74. The van der Waals surface area contributed by atoms with Gasteiger partial charge < -0.3 is 19.7 Å². The molecular weight excluding hydrogens is 638 g/mol. The molecule has 0 bridgehead atoms. The first-order chi connectivity index (χ1) is 22.4. The maximum Gasteiger partial charge on any atom is 0.264 e. The lowest BCUT2D eigenvalue weighted by Crippen LogP contribution is -2.54. The lowest BCUT2D eigenvalue weighted by atomic mass is 10.0. The molecule has 4 rings (SSSR count). The van der Waals surface area contributed by atoms with E-state index < -0.39 is 28.5 Å². The number of nitrogens with one attached hydrogen (secondary N) is 1. The highest BCUT2D eigenvalue weighted by atomic mass is 35.5. The number of hydrogen-bond acceptors (Lipinski definition) is 6. The van der Waals surface area contributed by atoms with Gasteiger partial charge in [0.05, 0.1) is 24.8 Å². The highest BCUT2D eigenvalue weighted by molar-refractivity contribution is 7.92. The average molecular weight is 678 g/mol. The number of carbonyl (C=O) groups excluding carboxylic acids is 2. The summed E-state index contributed by atoms with van der Waals surface area (Å²) in [4.78, 5) is 29.8. The molecule has 4 aromatic rings. The Bertz CT molecular complexity index is 1780. The molecule has 1 N–H and O–H groups in total. The van der Waals surface area contributed by atoms with E-state index in [0.717, 1.165) is 21.0 Å². The predicted octanol–water partition coefficient (Wildman–Crippen LogP) is 6.03. The SMILES string of the molecule is COc1ccc(S(=O)(=O)N(CC(=O)N(Cc2cccc(C)c2)[C@H](Cc2ccccc2)C(=O)NC(C)C)c2ccc(Cl)cc2)cc1OC. The first-order valence-electron chi connectivity index (χ1n) is 15.1. The fraction of sp³-hybridized carbons (Fsp3) is 0.278. The van der Waals surface area contributed by atoms with E-state index in [0.29, 0.717) is 10.8 Å². The van der Waals surface area contributed by atoms with Gasteiger partial charge in [-0.15, -0.1) is 0 Å². The molecule has 0 fully saturated rings. The number of anilines is 1. The number of benzene rings is 4. The summed E-state index contributed by atoms with van der Waals surface area (Å²) in [7, 11) is -1.49. The van der Waals surface area contributed by atoms with Gasteiger partial charge in [0.25, 0.3) is 10.0 Å². The molecule has 11 heteroatoms. The molecule has 0 aromatic heterocycles. The largest absolute Gasteiger partial charge is 0.493 e. The van der Waals surface area contributed by atoms with Crippen LogP contribution >= 0.6 is 11.6 Å². The van der Waals surface area contributed by atoms with Gasteiger partial charge in [-0.2, -0.15) is 0 Å². The zero-order valence-corrected chi connectivity index (χ0v) is 28.7. The van der Waals surface area contributed by atoms with Gasteiger partial charge in [-0.05, 0) is 68.3 Å². The van der Waals surface area contributed by atoms with Crippen LogP contribution in [0.25, 0.3) is 0 Å². The summed E-state index contributed by atoms with van der Waals surface area (Å²) in [6, 6.07) is 26.3. The molecule has 4 aromatic carbocycles. The van der Waals surface area contributed by atoms with E-state index in [1.165, 1.54) is 49.5 Å². The van der Waals surface area contributed by atoms with Crippen LogP contribution in [0.2, 0.25) is 5.02 Å². The summed E-state index contributed by atoms with van der Waals surface area (Å²) < 4.78 is 40.4. The highest BCUT2D eigenvalue weighted by Gasteiger charge is 2.35. The average Bonchev–Trinajstić information content (AvgIpc) is 3.05. The minimum Gasteiger partial charge on any atom is -0.493 e. The zero-order valence-electron chi connectivity index (χ0n) is 27.1. The van der Waals surface area contributed by atoms with Gasteiger partial charge in [0, 0.05) is 30.1 Å². The van der Waals surface area contributed by atoms with Gasteiger partial charge in [-0.25, -0.2) is 8.42 Å². The smallest absolute Gasteiger partial charge is 0.264 e. The third-order valence-corrected chi connectivity index (χ3v) is 9.50. The van der Waals surface area contributed by atoms with E-state index in [4.69, 9.17) is 21.1 Å². The fourth-order valence-electron chi connectivity index (χ4n) is 5.18. The number of sulfonamides is 1. The van der Waals surface area contributed by atoms with Crippen LogP contribution in [0, 0.1) is 6.92 Å². The van der Waals surface area contributed by atoms with E-state index >= 15 is 0 Å². The van der Waals surface area contributed by atoms with E-state index in [-0.39, 0.29) is 41.2 Å². The van der Waals surface area contributed by atoms with Crippen LogP contribution in [-0.2, 0) is 32.6 Å². The number of amides is 2. The van der Waals surface area contributed by atoms with Crippen molar-refractivity contribution in [1.29, 1.82) is 0 Å². The first kappa shape index (κ1) is 35.3. The van der Waals surface area contributed by atoms with Crippen LogP contribution in [0.1, 0.15) is 30.5 Å². The summed E-state index contributed by atoms with van der Waals surface area (Å²) in [6.07, 6.45) is 0.223. The Morgan fingerprint density at radius 1 is 0.830 bits per heavy atom. The van der Waals surface area contributed by atoms with Gasteiger partial charge in [-0.1, -0.05) is 71.8 Å². The number of methoxy groups -OCH3 is 2. The molecular formula is C36H40ClN3O6S. The monoisotopic (exact) mass is 677 g/mol. The maximum absolute atomic E-state index is 14.6. The lowest BCUT2D eigenvalue weighted by Gasteiger charge is -2.34. The number of halogens is 1. The third-order valence-electron chi connectivity index (χ3n) is 7.47. The Labute approximate surface area is 282 Å². The van der Waals surface area contributed by atoms with Gasteiger partial charge in [0.2, 0.25) is 11.8 Å². The van der Waals surface area contributed by atoms with Crippen molar-refractivity contribution in [3.05, 3.63) is 119 Å². The molecule has 248 valence electrons. The number of ether oxygens (including phenoxy) is 2. The summed E-state index contributed by atoms with van der Waals surface area (Å²) in [5.41, 5.74) is 2.86. The minimum atomic E-state index is -4.35. The molecule has 0 saturated heterocycles. The molecule has 0 saturated carbocycles. The molecule has 0 aliphatic rings. The molecule has 0 heterocycles. The zero-order chi connectivity index (χ0) is 34.1. The van der Waals surface area contributed by atoms with Crippen molar-refractivity contribution in [3.8, 4) is 11.5 Å². The second-order valence-electron chi connectivity index (χ2n) is 11.4. The predicted molar refractivity (Wildman–Crippen MR) is 184 cm³/mol. The standard InChI is InChI=1S/C36H40ClN3O6S/c1-25(2)38-36(42)32(21-27-11-7-6-8-12-27)39(23-28-13-9-10-26(3)20-28)35(41)24-40(30-16-14-29(37)15-17-30)47(43,44)31-18-19-33(45-4)34(22-31)46-5/h6-20,22,25,32H,21,23-24H2,1-5H3,(H,38,42)/t32-/m1/s1. The third kappa shape index (κ3) is 9.05. The van der Waals surface area contributed by atoms with Crippen LogP contribution in [0.3, 0.4) is 0 Å². The summed E-state index contributed by atoms with van der Waals surface area (Å²) >= 11 is 6.16. The Hall–Kier alpha value is -4.54. The van der Waals surface area contributed by atoms with Crippen molar-refractivity contribution < 1.29 is 27.5 Å². The molecule has 0 spiro atoms. The molecule has 0 radical (unpaired) electrons. The Kier molecular flexibility index (Phi) is 11.9. The lowest BCUT2D eigenvalue weighted by molar-refractivity contribution is -0.140. The van der Waals surface area contributed by atoms with Crippen molar-refractivity contribution in [3.63, 3.8) is 0 Å². The first-order valence-corrected chi connectivity index (χ1v) is 16.9. The van der Waals surface area contributed by atoms with E-state index in [2.05, 4.69) is 5.32 Å². The van der Waals surface area contributed by atoms with Gasteiger partial charge in [0.15, 0.2) is 11.5 Å². The molecule has 0 unspecified atom stereocenters. The topological polar surface area (TPSA) is 105 Å². The van der Waals surface area contributed by atoms with Crippen molar-refractivity contribution in [1.82, 2.24) is 10.2 Å². The van der Waals surface area contributed by atoms with Crippen LogP contribution in [0.15, 0.2) is 102 Å². The Morgan fingerprint density at radius 2 is 1.49 bits per heavy atom.